The van der Waals surface area contributed by atoms with Crippen molar-refractivity contribution in [1.82, 2.24) is 5.16 Å². The van der Waals surface area contributed by atoms with Gasteiger partial charge in [0.1, 0.15) is 11.5 Å². The van der Waals surface area contributed by atoms with Crippen LogP contribution in [0.15, 0.2) is 41.1 Å². The second kappa shape index (κ2) is 4.77. The molecule has 0 fully saturated rings. The Kier molecular flexibility index (Phi) is 2.95. The average molecular weight is 270 g/mol. The molecule has 102 valence electrons. The third kappa shape index (κ3) is 1.84. The third-order valence-corrected chi connectivity index (χ3v) is 3.28. The van der Waals surface area contributed by atoms with Crippen LogP contribution in [0.1, 0.15) is 0 Å². The van der Waals surface area contributed by atoms with Crippen LogP contribution in [-0.2, 0) is 0 Å². The van der Waals surface area contributed by atoms with Crippen molar-refractivity contribution in [3.8, 4) is 22.6 Å². The fraction of sp³-hybridized carbons (Fsp3) is 0.133. The van der Waals surface area contributed by atoms with E-state index in [-0.39, 0.29) is 5.88 Å². The van der Waals surface area contributed by atoms with Gasteiger partial charge in [0.2, 0.25) is 5.88 Å². The quantitative estimate of drug-likeness (QED) is 0.791. The Bertz CT molecular complexity index is 760. The number of hydrogen-bond donors (Lipinski definition) is 1. The summed E-state index contributed by atoms with van der Waals surface area (Å²) in [4.78, 5) is 0. The van der Waals surface area contributed by atoms with Gasteiger partial charge in [0, 0.05) is 5.56 Å². The first-order chi connectivity index (χ1) is 9.74. The molecule has 0 aliphatic rings. The summed E-state index contributed by atoms with van der Waals surface area (Å²) < 4.78 is 15.7. The lowest BCUT2D eigenvalue weighted by Gasteiger charge is -2.12. The molecule has 2 N–H and O–H groups in total. The number of nitrogens with two attached hydrogens (primary N) is 1. The smallest absolute Gasteiger partial charge is 0.230 e. The minimum absolute atomic E-state index is 0.263. The Morgan fingerprint density at radius 3 is 2.55 bits per heavy atom. The SMILES string of the molecule is COc1ccc2ccc(OC)c(-c3cnoc3N)c2c1. The predicted molar refractivity (Wildman–Crippen MR) is 77.0 cm³/mol. The van der Waals surface area contributed by atoms with Crippen LogP contribution >= 0.6 is 0 Å². The molecule has 0 unspecified atom stereocenters. The molecule has 0 spiro atoms. The molecule has 1 aromatic heterocycles. The Labute approximate surface area is 115 Å². The molecule has 1 heterocycles. The van der Waals surface area contributed by atoms with E-state index in [9.17, 15) is 0 Å². The van der Waals surface area contributed by atoms with Crippen molar-refractivity contribution in [1.29, 1.82) is 0 Å². The first kappa shape index (κ1) is 12.3. The molecule has 0 atom stereocenters. The first-order valence-corrected chi connectivity index (χ1v) is 6.10. The fourth-order valence-electron chi connectivity index (χ4n) is 2.29. The first-order valence-electron chi connectivity index (χ1n) is 6.10. The van der Waals surface area contributed by atoms with Crippen molar-refractivity contribution < 1.29 is 14.0 Å². The monoisotopic (exact) mass is 270 g/mol. The lowest BCUT2D eigenvalue weighted by Crippen LogP contribution is -1.92. The molecule has 0 radical (unpaired) electrons. The van der Waals surface area contributed by atoms with Gasteiger partial charge in [0.15, 0.2) is 0 Å². The average Bonchev–Trinajstić information content (AvgIpc) is 2.91. The second-order valence-corrected chi connectivity index (χ2v) is 4.33. The molecular weight excluding hydrogens is 256 g/mol. The normalized spacial score (nSPS) is 10.7. The summed E-state index contributed by atoms with van der Waals surface area (Å²) in [5.41, 5.74) is 7.40. The molecule has 3 rings (SSSR count). The van der Waals surface area contributed by atoms with Crippen LogP contribution < -0.4 is 15.2 Å². The largest absolute Gasteiger partial charge is 0.497 e. The maximum Gasteiger partial charge on any atom is 0.230 e. The van der Waals surface area contributed by atoms with Gasteiger partial charge in [-0.25, -0.2) is 0 Å². The molecule has 3 aromatic rings. The molecule has 2 aromatic carbocycles. The van der Waals surface area contributed by atoms with E-state index in [4.69, 9.17) is 19.7 Å². The van der Waals surface area contributed by atoms with Gasteiger partial charge in [-0.05, 0) is 29.0 Å². The van der Waals surface area contributed by atoms with Gasteiger partial charge in [-0.3, -0.25) is 0 Å². The van der Waals surface area contributed by atoms with Crippen LogP contribution in [-0.4, -0.2) is 19.4 Å². The number of nitrogen functional groups attached to an aromatic ring is 1. The molecule has 0 aliphatic heterocycles. The van der Waals surface area contributed by atoms with Gasteiger partial charge in [-0.1, -0.05) is 17.3 Å². The number of benzene rings is 2. The van der Waals surface area contributed by atoms with Crippen LogP contribution in [0.3, 0.4) is 0 Å². The minimum Gasteiger partial charge on any atom is -0.497 e. The summed E-state index contributed by atoms with van der Waals surface area (Å²) in [6.07, 6.45) is 1.59. The van der Waals surface area contributed by atoms with E-state index in [1.165, 1.54) is 0 Å². The van der Waals surface area contributed by atoms with Crippen LogP contribution in [0, 0.1) is 0 Å². The maximum atomic E-state index is 5.84. The molecule has 0 bridgehead atoms. The zero-order valence-electron chi connectivity index (χ0n) is 11.2. The number of hydrogen-bond acceptors (Lipinski definition) is 5. The standard InChI is InChI=1S/C15H14N2O3/c1-18-10-5-3-9-4-6-13(19-2)14(11(9)7-10)12-8-17-20-15(12)16/h3-8H,16H2,1-2H3. The summed E-state index contributed by atoms with van der Waals surface area (Å²) >= 11 is 0. The molecule has 0 aliphatic carbocycles. The number of anilines is 1. The van der Waals surface area contributed by atoms with Crippen molar-refractivity contribution in [2.45, 2.75) is 0 Å². The summed E-state index contributed by atoms with van der Waals surface area (Å²) in [6, 6.07) is 9.73. The Hall–Kier alpha value is -2.69. The van der Waals surface area contributed by atoms with Gasteiger partial charge >= 0.3 is 0 Å². The summed E-state index contributed by atoms with van der Waals surface area (Å²) in [5, 5.41) is 5.76. The van der Waals surface area contributed by atoms with Crippen molar-refractivity contribution in [3.63, 3.8) is 0 Å². The van der Waals surface area contributed by atoms with Gasteiger partial charge in [0.05, 0.1) is 26.0 Å². The Morgan fingerprint density at radius 2 is 1.90 bits per heavy atom. The highest BCUT2D eigenvalue weighted by atomic mass is 16.5. The zero-order valence-corrected chi connectivity index (χ0v) is 11.2. The molecular formula is C15H14N2O3. The molecule has 0 amide bonds. The minimum atomic E-state index is 0.263. The van der Waals surface area contributed by atoms with Gasteiger partial charge < -0.3 is 19.7 Å². The molecule has 0 saturated heterocycles. The highest BCUT2D eigenvalue weighted by molar-refractivity contribution is 6.02. The van der Waals surface area contributed by atoms with Crippen molar-refractivity contribution in [3.05, 3.63) is 36.5 Å². The number of methoxy groups -OCH3 is 2. The summed E-state index contributed by atoms with van der Waals surface area (Å²) in [5.74, 6) is 1.74. The highest BCUT2D eigenvalue weighted by Gasteiger charge is 2.16. The van der Waals surface area contributed by atoms with E-state index < -0.39 is 0 Å². The Morgan fingerprint density at radius 1 is 1.10 bits per heavy atom. The summed E-state index contributed by atoms with van der Waals surface area (Å²) in [6.45, 7) is 0. The lowest BCUT2D eigenvalue weighted by molar-refractivity contribution is 0.414. The lowest BCUT2D eigenvalue weighted by atomic mass is 9.98. The Balaban J connectivity index is 2.39. The molecule has 0 saturated carbocycles. The van der Waals surface area contributed by atoms with Gasteiger partial charge in [-0.2, -0.15) is 0 Å². The molecule has 20 heavy (non-hydrogen) atoms. The van der Waals surface area contributed by atoms with Crippen molar-refractivity contribution >= 4 is 16.7 Å². The van der Waals surface area contributed by atoms with E-state index in [0.717, 1.165) is 22.1 Å². The van der Waals surface area contributed by atoms with Crippen LogP contribution in [0.5, 0.6) is 11.5 Å². The predicted octanol–water partition coefficient (Wildman–Crippen LogP) is 3.09. The number of ether oxygens (including phenoxy) is 2. The number of fused-ring (bicyclic) bond motifs is 1. The fourth-order valence-corrected chi connectivity index (χ4v) is 2.29. The van der Waals surface area contributed by atoms with E-state index in [2.05, 4.69) is 5.16 Å². The van der Waals surface area contributed by atoms with E-state index in [1.54, 1.807) is 20.4 Å². The number of nitrogens with zero attached hydrogens (tertiary/aromatic N) is 1. The molecule has 5 heteroatoms. The van der Waals surface area contributed by atoms with E-state index in [0.29, 0.717) is 11.3 Å². The van der Waals surface area contributed by atoms with Crippen LogP contribution in [0.2, 0.25) is 0 Å². The second-order valence-electron chi connectivity index (χ2n) is 4.33. The number of aromatic nitrogens is 1. The van der Waals surface area contributed by atoms with Crippen LogP contribution in [0.4, 0.5) is 5.88 Å². The number of rotatable bonds is 3. The van der Waals surface area contributed by atoms with E-state index >= 15 is 0 Å². The van der Waals surface area contributed by atoms with E-state index in [1.807, 2.05) is 30.3 Å². The summed E-state index contributed by atoms with van der Waals surface area (Å²) in [7, 11) is 3.25. The van der Waals surface area contributed by atoms with Gasteiger partial charge in [0.25, 0.3) is 0 Å². The third-order valence-electron chi connectivity index (χ3n) is 3.28. The van der Waals surface area contributed by atoms with Gasteiger partial charge in [-0.15, -0.1) is 0 Å². The maximum absolute atomic E-state index is 5.84. The van der Waals surface area contributed by atoms with Crippen molar-refractivity contribution in [2.75, 3.05) is 20.0 Å². The molecule has 5 nitrogen and oxygen atoms in total. The topological polar surface area (TPSA) is 70.5 Å². The van der Waals surface area contributed by atoms with Crippen molar-refractivity contribution in [2.24, 2.45) is 0 Å². The highest BCUT2D eigenvalue weighted by Crippen LogP contribution is 2.40. The zero-order chi connectivity index (χ0) is 14.1. The van der Waals surface area contributed by atoms with Crippen LogP contribution in [0.25, 0.3) is 21.9 Å².